The fraction of sp³-hybridized carbons (Fsp3) is 0.825. The van der Waals surface area contributed by atoms with E-state index in [-0.39, 0.29) is 58.6 Å². The van der Waals surface area contributed by atoms with Crippen molar-refractivity contribution in [3.05, 3.63) is 11.6 Å². The number of allylic oxidation sites excluding steroid dienone is 2. The number of methoxy groups -OCH3 is 2. The van der Waals surface area contributed by atoms with Crippen molar-refractivity contribution in [2.24, 2.45) is 50.7 Å². The van der Waals surface area contributed by atoms with E-state index in [1.54, 1.807) is 0 Å². The van der Waals surface area contributed by atoms with Crippen LogP contribution in [0.4, 0.5) is 0 Å². The quantitative estimate of drug-likeness (QED) is 0.206. The molecule has 0 bridgehead atoms. The molecular formula is C40H61NO8. The Morgan fingerprint density at radius 3 is 2.27 bits per heavy atom. The minimum absolute atomic E-state index is 0.0523. The number of amides is 1. The van der Waals surface area contributed by atoms with Gasteiger partial charge >= 0.3 is 17.9 Å². The van der Waals surface area contributed by atoms with Crippen LogP contribution in [0.5, 0.6) is 0 Å². The van der Waals surface area contributed by atoms with Crippen LogP contribution in [0.25, 0.3) is 0 Å². The molecule has 0 spiro atoms. The van der Waals surface area contributed by atoms with Crippen LogP contribution < -0.4 is 5.32 Å². The van der Waals surface area contributed by atoms with E-state index in [1.807, 2.05) is 6.92 Å². The van der Waals surface area contributed by atoms with E-state index in [9.17, 15) is 24.0 Å². The van der Waals surface area contributed by atoms with Crippen LogP contribution in [0, 0.1) is 50.7 Å². The summed E-state index contributed by atoms with van der Waals surface area (Å²) in [5.41, 5.74) is -0.448. The maximum atomic E-state index is 14.8. The zero-order chi connectivity index (χ0) is 36.2. The molecule has 9 nitrogen and oxygen atoms in total. The third kappa shape index (κ3) is 6.07. The van der Waals surface area contributed by atoms with Crippen molar-refractivity contribution < 1.29 is 38.2 Å². The smallest absolute Gasteiger partial charge is 0.307 e. The summed E-state index contributed by atoms with van der Waals surface area (Å²) >= 11 is 0. The van der Waals surface area contributed by atoms with Crippen LogP contribution in [0.3, 0.4) is 0 Å². The van der Waals surface area contributed by atoms with Crippen molar-refractivity contribution in [2.75, 3.05) is 14.2 Å². The highest BCUT2D eigenvalue weighted by molar-refractivity contribution is 5.96. The third-order valence-electron chi connectivity index (χ3n) is 15.1. The normalized spacial score (nSPS) is 41.8. The summed E-state index contributed by atoms with van der Waals surface area (Å²) in [6, 6.07) is -0.587. The second kappa shape index (κ2) is 13.4. The summed E-state index contributed by atoms with van der Waals surface area (Å²) in [5, 5.41) is 3.14. The van der Waals surface area contributed by atoms with Gasteiger partial charge in [0.25, 0.3) is 0 Å². The number of ether oxygens (including phenoxy) is 3. The molecule has 9 heteroatoms. The van der Waals surface area contributed by atoms with Gasteiger partial charge in [0, 0.05) is 25.3 Å². The molecule has 0 aromatic rings. The van der Waals surface area contributed by atoms with Gasteiger partial charge in [-0.05, 0) is 110 Å². The first-order chi connectivity index (χ1) is 22.9. The minimum atomic E-state index is -1.15. The molecule has 1 N–H and O–H groups in total. The molecule has 49 heavy (non-hydrogen) atoms. The Hall–Kier alpha value is -2.71. The van der Waals surface area contributed by atoms with Crippen LogP contribution in [-0.4, -0.2) is 56.0 Å². The molecule has 5 aliphatic carbocycles. The molecule has 0 saturated heterocycles. The lowest BCUT2D eigenvalue weighted by atomic mass is 9.33. The molecule has 5 aliphatic rings. The highest BCUT2D eigenvalue weighted by atomic mass is 16.5. The number of rotatable bonds is 9. The number of hydrogen-bond donors (Lipinski definition) is 1. The fourth-order valence-corrected chi connectivity index (χ4v) is 12.4. The Morgan fingerprint density at radius 2 is 1.61 bits per heavy atom. The Morgan fingerprint density at radius 1 is 0.918 bits per heavy atom. The molecule has 4 unspecified atom stereocenters. The minimum Gasteiger partial charge on any atom is -0.469 e. The Kier molecular flexibility index (Phi) is 10.3. The predicted molar refractivity (Wildman–Crippen MR) is 185 cm³/mol. The van der Waals surface area contributed by atoms with Gasteiger partial charge in [0.1, 0.15) is 6.10 Å². The summed E-state index contributed by atoms with van der Waals surface area (Å²) in [6.45, 7) is 15.1. The number of ketones is 1. The van der Waals surface area contributed by atoms with Crippen LogP contribution in [0.15, 0.2) is 11.6 Å². The van der Waals surface area contributed by atoms with E-state index in [0.717, 1.165) is 19.3 Å². The first-order valence-electron chi connectivity index (χ1n) is 18.8. The standard InChI is InChI=1S/C40H61NO8/c1-24-12-11-17-36(3)20-21-38(5)27(33(24)36)23-28(43)34-37(4)18-16-30(49-25(2)42)40(7,29(37)15-19-39(34,38)6)35(46)41-26(22-32(45)48-9)13-10-14-31(44)47-8/h23-24,26,29-30,33-34H,10-22H2,1-9H3,(H,41,46)/t24-,26?,29?,30+,33?,34?,36+,37-,38+,39+,40+/m0/s1. The largest absolute Gasteiger partial charge is 0.469 e. The number of fused-ring (bicyclic) bond motifs is 7. The van der Waals surface area contributed by atoms with Crippen molar-refractivity contribution in [1.29, 1.82) is 0 Å². The van der Waals surface area contributed by atoms with E-state index < -0.39 is 34.9 Å². The summed E-state index contributed by atoms with van der Waals surface area (Å²) in [6.07, 6.45) is 10.8. The monoisotopic (exact) mass is 683 g/mol. The molecular weight excluding hydrogens is 622 g/mol. The van der Waals surface area contributed by atoms with Crippen molar-refractivity contribution in [1.82, 2.24) is 5.32 Å². The maximum absolute atomic E-state index is 14.8. The van der Waals surface area contributed by atoms with Gasteiger partial charge in [-0.25, -0.2) is 0 Å². The average molecular weight is 684 g/mol. The molecule has 0 aliphatic heterocycles. The lowest BCUT2D eigenvalue weighted by Gasteiger charge is -2.70. The van der Waals surface area contributed by atoms with Gasteiger partial charge in [0.05, 0.1) is 26.1 Å². The van der Waals surface area contributed by atoms with E-state index in [4.69, 9.17) is 14.2 Å². The SMILES string of the molecule is COC(=O)CCCC(CC(=O)OC)NC(=O)[C@]1(C)C2CC[C@]3(C)C(C(=O)C=C4C5[C@@H](C)CCC[C@]5(C)CC[C@]43C)[C@@]2(C)CC[C@H]1OC(C)=O. The second-order valence-electron chi connectivity index (χ2n) is 17.6. The lowest BCUT2D eigenvalue weighted by Crippen LogP contribution is -2.69. The van der Waals surface area contributed by atoms with Gasteiger partial charge in [0.15, 0.2) is 5.78 Å². The summed E-state index contributed by atoms with van der Waals surface area (Å²) in [4.78, 5) is 66.3. The van der Waals surface area contributed by atoms with Gasteiger partial charge in [-0.2, -0.15) is 0 Å². The number of hydrogen-bond acceptors (Lipinski definition) is 8. The lowest BCUT2D eigenvalue weighted by molar-refractivity contribution is -0.214. The average Bonchev–Trinajstić information content (AvgIpc) is 3.02. The molecule has 0 radical (unpaired) electrons. The van der Waals surface area contributed by atoms with Crippen LogP contribution in [-0.2, 0) is 38.2 Å². The van der Waals surface area contributed by atoms with Crippen LogP contribution in [0.2, 0.25) is 0 Å². The second-order valence-corrected chi connectivity index (χ2v) is 17.6. The molecule has 4 fully saturated rings. The molecule has 0 aromatic carbocycles. The molecule has 274 valence electrons. The van der Waals surface area contributed by atoms with Gasteiger partial charge in [-0.3, -0.25) is 24.0 Å². The number of nitrogens with one attached hydrogen (secondary N) is 1. The Bertz CT molecular complexity index is 1390. The summed E-state index contributed by atoms with van der Waals surface area (Å²) < 4.78 is 15.7. The topological polar surface area (TPSA) is 125 Å². The zero-order valence-corrected chi connectivity index (χ0v) is 31.5. The van der Waals surface area contributed by atoms with Gasteiger partial charge in [0.2, 0.25) is 5.91 Å². The van der Waals surface area contributed by atoms with E-state index in [1.165, 1.54) is 52.4 Å². The number of carbonyl (C=O) groups is 5. The van der Waals surface area contributed by atoms with E-state index >= 15 is 0 Å². The van der Waals surface area contributed by atoms with Gasteiger partial charge in [-0.1, -0.05) is 53.0 Å². The number of esters is 3. The molecule has 11 atom stereocenters. The summed E-state index contributed by atoms with van der Waals surface area (Å²) in [5.74, 6) is -0.923. The predicted octanol–water partition coefficient (Wildman–Crippen LogP) is 6.90. The summed E-state index contributed by atoms with van der Waals surface area (Å²) in [7, 11) is 2.64. The fourth-order valence-electron chi connectivity index (χ4n) is 12.4. The first-order valence-corrected chi connectivity index (χ1v) is 18.8. The molecule has 4 saturated carbocycles. The highest BCUT2D eigenvalue weighted by Gasteiger charge is 2.72. The Balaban J connectivity index is 1.52. The van der Waals surface area contributed by atoms with Crippen molar-refractivity contribution in [3.63, 3.8) is 0 Å². The van der Waals surface area contributed by atoms with Crippen molar-refractivity contribution >= 4 is 29.6 Å². The molecule has 1 amide bonds. The molecule has 0 aromatic heterocycles. The highest BCUT2D eigenvalue weighted by Crippen LogP contribution is 2.75. The van der Waals surface area contributed by atoms with E-state index in [2.05, 4.69) is 46.0 Å². The third-order valence-corrected chi connectivity index (χ3v) is 15.1. The van der Waals surface area contributed by atoms with Crippen LogP contribution in [0.1, 0.15) is 132 Å². The van der Waals surface area contributed by atoms with Crippen molar-refractivity contribution in [3.8, 4) is 0 Å². The van der Waals surface area contributed by atoms with E-state index in [0.29, 0.717) is 37.5 Å². The van der Waals surface area contributed by atoms with Crippen molar-refractivity contribution in [2.45, 2.75) is 144 Å². The Labute approximate surface area is 293 Å². The molecule has 0 heterocycles. The maximum Gasteiger partial charge on any atom is 0.307 e. The van der Waals surface area contributed by atoms with Gasteiger partial charge < -0.3 is 19.5 Å². The zero-order valence-electron chi connectivity index (χ0n) is 31.5. The van der Waals surface area contributed by atoms with Crippen LogP contribution >= 0.6 is 0 Å². The molecule has 5 rings (SSSR count). The number of carbonyl (C=O) groups excluding carboxylic acids is 5. The first kappa shape index (κ1) is 37.5. The van der Waals surface area contributed by atoms with Gasteiger partial charge in [-0.15, -0.1) is 0 Å².